The Labute approximate surface area is 124 Å². The summed E-state index contributed by atoms with van der Waals surface area (Å²) in [5, 5.41) is 1.16. The molecule has 1 saturated heterocycles. The Morgan fingerprint density at radius 1 is 1.33 bits per heavy atom. The van der Waals surface area contributed by atoms with Crippen molar-refractivity contribution in [3.8, 4) is 0 Å². The summed E-state index contributed by atoms with van der Waals surface area (Å²) in [6.07, 6.45) is 4.95. The molecule has 4 heteroatoms. The zero-order valence-electron chi connectivity index (χ0n) is 12.3. The van der Waals surface area contributed by atoms with Crippen LogP contribution in [0.2, 0.25) is 0 Å². The van der Waals surface area contributed by atoms with E-state index in [4.69, 9.17) is 4.74 Å². The molecule has 1 aromatic heterocycles. The molecule has 0 amide bonds. The Balaban J connectivity index is 1.88. The molecule has 4 nitrogen and oxygen atoms in total. The predicted molar refractivity (Wildman–Crippen MR) is 81.8 cm³/mol. The number of carbonyl (C=O) groups is 1. The van der Waals surface area contributed by atoms with E-state index in [0.29, 0.717) is 0 Å². The van der Waals surface area contributed by atoms with E-state index in [1.54, 1.807) is 0 Å². The van der Waals surface area contributed by atoms with Gasteiger partial charge in [-0.05, 0) is 37.1 Å². The maximum absolute atomic E-state index is 12.0. The number of hydrogen-bond donors (Lipinski definition) is 0. The minimum atomic E-state index is -0.118. The number of aromatic nitrogens is 1. The van der Waals surface area contributed by atoms with Crippen molar-refractivity contribution < 1.29 is 9.53 Å². The molecule has 0 spiro atoms. The van der Waals surface area contributed by atoms with Gasteiger partial charge >= 0.3 is 5.97 Å². The molecule has 0 saturated carbocycles. The van der Waals surface area contributed by atoms with Gasteiger partial charge in [-0.3, -0.25) is 14.7 Å². The number of carbonyl (C=O) groups excluding carboxylic acids is 1. The third-order valence-electron chi connectivity index (χ3n) is 4.20. The number of benzene rings is 1. The van der Waals surface area contributed by atoms with Crippen molar-refractivity contribution in [3.63, 3.8) is 0 Å². The van der Waals surface area contributed by atoms with Crippen LogP contribution >= 0.6 is 0 Å². The lowest BCUT2D eigenvalue weighted by molar-refractivity contribution is -0.148. The van der Waals surface area contributed by atoms with Crippen molar-refractivity contribution in [1.82, 2.24) is 9.88 Å². The zero-order valence-corrected chi connectivity index (χ0v) is 12.3. The van der Waals surface area contributed by atoms with Crippen molar-refractivity contribution in [1.29, 1.82) is 0 Å². The molecule has 1 unspecified atom stereocenters. The molecule has 2 aromatic rings. The molecule has 3 rings (SSSR count). The first-order valence-corrected chi connectivity index (χ1v) is 7.44. The van der Waals surface area contributed by atoms with Crippen LogP contribution in [0.25, 0.3) is 10.9 Å². The van der Waals surface area contributed by atoms with Crippen LogP contribution in [0, 0.1) is 0 Å². The van der Waals surface area contributed by atoms with Crippen LogP contribution in [0.1, 0.15) is 24.8 Å². The Bertz CT molecular complexity index is 636. The second-order valence-corrected chi connectivity index (χ2v) is 5.49. The molecule has 1 fully saturated rings. The minimum absolute atomic E-state index is 0.115. The van der Waals surface area contributed by atoms with E-state index in [-0.39, 0.29) is 12.0 Å². The van der Waals surface area contributed by atoms with Crippen LogP contribution in [-0.4, -0.2) is 35.5 Å². The van der Waals surface area contributed by atoms with Crippen molar-refractivity contribution in [2.24, 2.45) is 0 Å². The topological polar surface area (TPSA) is 42.4 Å². The van der Waals surface area contributed by atoms with Crippen LogP contribution < -0.4 is 0 Å². The molecule has 0 bridgehead atoms. The van der Waals surface area contributed by atoms with Gasteiger partial charge in [0.15, 0.2) is 0 Å². The quantitative estimate of drug-likeness (QED) is 0.813. The van der Waals surface area contributed by atoms with Gasteiger partial charge in [-0.15, -0.1) is 0 Å². The number of ether oxygens (including phenoxy) is 1. The lowest BCUT2D eigenvalue weighted by Gasteiger charge is -2.33. The largest absolute Gasteiger partial charge is 0.468 e. The Hall–Kier alpha value is -1.94. The number of likely N-dealkylation sites (tertiary alicyclic amines) is 1. The predicted octanol–water partition coefficient (Wildman–Crippen LogP) is 2.76. The second kappa shape index (κ2) is 6.22. The van der Waals surface area contributed by atoms with Crippen molar-refractivity contribution in [2.75, 3.05) is 13.7 Å². The summed E-state index contributed by atoms with van der Waals surface area (Å²) in [5.74, 6) is -0.118. The van der Waals surface area contributed by atoms with Crippen LogP contribution in [0.15, 0.2) is 36.5 Å². The smallest absolute Gasteiger partial charge is 0.323 e. The number of nitrogens with zero attached hydrogens (tertiary/aromatic N) is 2. The summed E-state index contributed by atoms with van der Waals surface area (Å²) in [7, 11) is 1.47. The summed E-state index contributed by atoms with van der Waals surface area (Å²) >= 11 is 0. The first kappa shape index (κ1) is 14.0. The molecule has 1 aliphatic heterocycles. The number of methoxy groups -OCH3 is 1. The lowest BCUT2D eigenvalue weighted by atomic mass is 10.0. The number of para-hydroxylation sites is 1. The van der Waals surface area contributed by atoms with E-state index >= 15 is 0 Å². The van der Waals surface area contributed by atoms with E-state index < -0.39 is 0 Å². The number of hydrogen-bond acceptors (Lipinski definition) is 4. The van der Waals surface area contributed by atoms with Crippen molar-refractivity contribution >= 4 is 16.9 Å². The van der Waals surface area contributed by atoms with Gasteiger partial charge in [0, 0.05) is 18.1 Å². The molecule has 1 aliphatic rings. The summed E-state index contributed by atoms with van der Waals surface area (Å²) in [4.78, 5) is 18.6. The van der Waals surface area contributed by atoms with Crippen LogP contribution in [-0.2, 0) is 16.1 Å². The van der Waals surface area contributed by atoms with Gasteiger partial charge in [0.05, 0.1) is 12.6 Å². The third-order valence-corrected chi connectivity index (χ3v) is 4.20. The molecular weight excluding hydrogens is 264 g/mol. The van der Waals surface area contributed by atoms with E-state index in [1.807, 2.05) is 30.5 Å². The fourth-order valence-electron chi connectivity index (χ4n) is 3.09. The third kappa shape index (κ3) is 2.90. The SMILES string of the molecule is COC(=O)C1CCCCN1Cc1ccnc2ccccc12. The van der Waals surface area contributed by atoms with E-state index in [9.17, 15) is 4.79 Å². The Kier molecular flexibility index (Phi) is 4.15. The minimum Gasteiger partial charge on any atom is -0.468 e. The van der Waals surface area contributed by atoms with Gasteiger partial charge in [0.25, 0.3) is 0 Å². The van der Waals surface area contributed by atoms with Gasteiger partial charge in [-0.1, -0.05) is 24.6 Å². The monoisotopic (exact) mass is 284 g/mol. The number of rotatable bonds is 3. The highest BCUT2D eigenvalue weighted by atomic mass is 16.5. The molecule has 0 aliphatic carbocycles. The maximum atomic E-state index is 12.0. The summed E-state index contributed by atoms with van der Waals surface area (Å²) in [6, 6.07) is 10.1. The molecule has 0 N–H and O–H groups in total. The van der Waals surface area contributed by atoms with Crippen LogP contribution in [0.4, 0.5) is 0 Å². The first-order chi connectivity index (χ1) is 10.3. The summed E-state index contributed by atoms with van der Waals surface area (Å²) < 4.78 is 4.95. The first-order valence-electron chi connectivity index (χ1n) is 7.44. The summed E-state index contributed by atoms with van der Waals surface area (Å²) in [6.45, 7) is 1.71. The van der Waals surface area contributed by atoms with Gasteiger partial charge < -0.3 is 4.74 Å². The standard InChI is InChI=1S/C17H20N2O2/c1-21-17(20)16-8-4-5-11-19(16)12-13-9-10-18-15-7-3-2-6-14(13)15/h2-3,6-7,9-10,16H,4-5,8,11-12H2,1H3. The Morgan fingerprint density at radius 2 is 2.19 bits per heavy atom. The van der Waals surface area contributed by atoms with Crippen LogP contribution in [0.3, 0.4) is 0 Å². The highest BCUT2D eigenvalue weighted by Crippen LogP contribution is 2.23. The van der Waals surface area contributed by atoms with Gasteiger partial charge in [0.2, 0.25) is 0 Å². The van der Waals surface area contributed by atoms with E-state index in [2.05, 4.69) is 16.0 Å². The second-order valence-electron chi connectivity index (χ2n) is 5.49. The number of esters is 1. The molecule has 0 radical (unpaired) electrons. The highest BCUT2D eigenvalue weighted by molar-refractivity contribution is 5.82. The molecular formula is C17H20N2O2. The summed E-state index contributed by atoms with van der Waals surface area (Å²) in [5.41, 5.74) is 2.22. The average Bonchev–Trinajstić information content (AvgIpc) is 2.55. The van der Waals surface area contributed by atoms with Gasteiger partial charge in [-0.25, -0.2) is 0 Å². The lowest BCUT2D eigenvalue weighted by Crippen LogP contribution is -2.44. The number of fused-ring (bicyclic) bond motifs is 1. The average molecular weight is 284 g/mol. The number of pyridine rings is 1. The molecule has 21 heavy (non-hydrogen) atoms. The number of piperidine rings is 1. The zero-order chi connectivity index (χ0) is 14.7. The molecule has 2 heterocycles. The molecule has 1 aromatic carbocycles. The van der Waals surface area contributed by atoms with Crippen LogP contribution in [0.5, 0.6) is 0 Å². The van der Waals surface area contributed by atoms with Crippen molar-refractivity contribution in [3.05, 3.63) is 42.1 Å². The molecule has 1 atom stereocenters. The normalized spacial score (nSPS) is 19.6. The van der Waals surface area contributed by atoms with Crippen molar-refractivity contribution in [2.45, 2.75) is 31.8 Å². The van der Waals surface area contributed by atoms with E-state index in [1.165, 1.54) is 12.7 Å². The highest BCUT2D eigenvalue weighted by Gasteiger charge is 2.29. The Morgan fingerprint density at radius 3 is 3.05 bits per heavy atom. The van der Waals surface area contributed by atoms with Gasteiger partial charge in [0.1, 0.15) is 6.04 Å². The molecule has 110 valence electrons. The fourth-order valence-corrected chi connectivity index (χ4v) is 3.09. The fraction of sp³-hybridized carbons (Fsp3) is 0.412. The van der Waals surface area contributed by atoms with Gasteiger partial charge in [-0.2, -0.15) is 0 Å². The van der Waals surface area contributed by atoms with E-state index in [0.717, 1.165) is 43.3 Å². The maximum Gasteiger partial charge on any atom is 0.323 e.